The van der Waals surface area contributed by atoms with Gasteiger partial charge in [0.15, 0.2) is 5.82 Å². The molecule has 1 fully saturated rings. The Morgan fingerprint density at radius 3 is 2.95 bits per heavy atom. The van der Waals surface area contributed by atoms with E-state index in [1.54, 1.807) is 6.92 Å². The smallest absolute Gasteiger partial charge is 0.317 e. The van der Waals surface area contributed by atoms with E-state index in [9.17, 15) is 4.79 Å². The number of likely N-dealkylation sites (tertiary alicyclic amines) is 1. The summed E-state index contributed by atoms with van der Waals surface area (Å²) in [5.41, 5.74) is 0. The summed E-state index contributed by atoms with van der Waals surface area (Å²) in [6.45, 7) is 7.50. The normalized spacial score (nSPS) is 23.4. The van der Waals surface area contributed by atoms with E-state index in [-0.39, 0.29) is 6.03 Å². The van der Waals surface area contributed by atoms with E-state index in [4.69, 9.17) is 4.52 Å². The number of urea groups is 1. The predicted molar refractivity (Wildman–Crippen MR) is 70.7 cm³/mol. The third-order valence-electron chi connectivity index (χ3n) is 3.58. The minimum absolute atomic E-state index is 0.00985. The van der Waals surface area contributed by atoms with Crippen LogP contribution in [0.25, 0.3) is 0 Å². The molecule has 106 valence electrons. The highest BCUT2D eigenvalue weighted by Gasteiger charge is 2.26. The highest BCUT2D eigenvalue weighted by Crippen LogP contribution is 2.21. The summed E-state index contributed by atoms with van der Waals surface area (Å²) in [6, 6.07) is 0.324. The molecule has 1 saturated heterocycles. The number of nitrogens with zero attached hydrogens (tertiary/aromatic N) is 3. The van der Waals surface area contributed by atoms with Gasteiger partial charge in [-0.2, -0.15) is 4.98 Å². The molecule has 2 rings (SSSR count). The molecule has 1 aromatic heterocycles. The second kappa shape index (κ2) is 6.04. The summed E-state index contributed by atoms with van der Waals surface area (Å²) in [5.74, 6) is 1.90. The SMILES string of the molecule is Cc1noc(CCNC(=O)N2CC[C@@H](C)C[C@@H]2C)n1. The van der Waals surface area contributed by atoms with E-state index in [2.05, 4.69) is 29.3 Å². The van der Waals surface area contributed by atoms with E-state index in [0.717, 1.165) is 19.4 Å². The maximum Gasteiger partial charge on any atom is 0.317 e. The Morgan fingerprint density at radius 2 is 2.32 bits per heavy atom. The van der Waals surface area contributed by atoms with Crippen LogP contribution in [0.1, 0.15) is 38.4 Å². The zero-order chi connectivity index (χ0) is 13.8. The summed E-state index contributed by atoms with van der Waals surface area (Å²) < 4.78 is 5.00. The number of piperidine rings is 1. The molecular formula is C13H22N4O2. The third-order valence-corrected chi connectivity index (χ3v) is 3.58. The number of aromatic nitrogens is 2. The number of rotatable bonds is 3. The molecule has 6 heteroatoms. The Hall–Kier alpha value is -1.59. The average molecular weight is 266 g/mol. The van der Waals surface area contributed by atoms with Crippen molar-refractivity contribution in [2.75, 3.05) is 13.1 Å². The molecule has 19 heavy (non-hydrogen) atoms. The minimum atomic E-state index is 0.00985. The summed E-state index contributed by atoms with van der Waals surface area (Å²) in [4.78, 5) is 18.1. The summed E-state index contributed by atoms with van der Waals surface area (Å²) in [6.07, 6.45) is 2.74. The van der Waals surface area contributed by atoms with Gasteiger partial charge in [0.1, 0.15) is 0 Å². The van der Waals surface area contributed by atoms with Crippen molar-refractivity contribution >= 4 is 6.03 Å². The zero-order valence-electron chi connectivity index (χ0n) is 11.8. The van der Waals surface area contributed by atoms with E-state index in [1.807, 2.05) is 4.90 Å². The van der Waals surface area contributed by atoms with Gasteiger partial charge in [-0.05, 0) is 32.6 Å². The van der Waals surface area contributed by atoms with Gasteiger partial charge in [0.2, 0.25) is 5.89 Å². The first-order valence-electron chi connectivity index (χ1n) is 6.90. The number of carbonyl (C=O) groups excluding carboxylic acids is 1. The predicted octanol–water partition coefficient (Wildman–Crippen LogP) is 1.75. The Bertz CT molecular complexity index is 432. The molecule has 1 aromatic rings. The fourth-order valence-electron chi connectivity index (χ4n) is 2.53. The van der Waals surface area contributed by atoms with Gasteiger partial charge in [0.05, 0.1) is 0 Å². The molecule has 2 amide bonds. The molecule has 2 atom stereocenters. The molecule has 1 aliphatic heterocycles. The van der Waals surface area contributed by atoms with Crippen LogP contribution in [0.2, 0.25) is 0 Å². The molecule has 0 aromatic carbocycles. The maximum absolute atomic E-state index is 12.1. The first kappa shape index (κ1) is 13.8. The molecule has 0 aliphatic carbocycles. The number of carbonyl (C=O) groups is 1. The minimum Gasteiger partial charge on any atom is -0.339 e. The quantitative estimate of drug-likeness (QED) is 0.904. The van der Waals surface area contributed by atoms with Crippen molar-refractivity contribution < 1.29 is 9.32 Å². The number of amides is 2. The van der Waals surface area contributed by atoms with Gasteiger partial charge in [-0.1, -0.05) is 12.1 Å². The Kier molecular flexibility index (Phi) is 4.39. The fourth-order valence-corrected chi connectivity index (χ4v) is 2.53. The molecule has 0 spiro atoms. The standard InChI is InChI=1S/C13H22N4O2/c1-9-5-7-17(10(2)8-9)13(18)14-6-4-12-15-11(3)16-19-12/h9-10H,4-8H2,1-3H3,(H,14,18)/t9-,10+/m1/s1. The first-order valence-corrected chi connectivity index (χ1v) is 6.90. The average Bonchev–Trinajstić information content (AvgIpc) is 2.75. The molecule has 6 nitrogen and oxygen atoms in total. The van der Waals surface area contributed by atoms with Gasteiger partial charge in [-0.25, -0.2) is 4.79 Å². The lowest BCUT2D eigenvalue weighted by Gasteiger charge is -2.36. The van der Waals surface area contributed by atoms with Crippen molar-refractivity contribution in [2.24, 2.45) is 5.92 Å². The summed E-state index contributed by atoms with van der Waals surface area (Å²) >= 11 is 0. The third kappa shape index (κ3) is 3.68. The maximum atomic E-state index is 12.1. The zero-order valence-corrected chi connectivity index (χ0v) is 11.8. The molecule has 0 saturated carbocycles. The lowest BCUT2D eigenvalue weighted by atomic mass is 9.94. The second-order valence-corrected chi connectivity index (χ2v) is 5.39. The number of nitrogens with one attached hydrogen (secondary N) is 1. The molecule has 0 unspecified atom stereocenters. The van der Waals surface area contributed by atoms with E-state index >= 15 is 0 Å². The van der Waals surface area contributed by atoms with Crippen LogP contribution in [0.4, 0.5) is 4.79 Å². The van der Waals surface area contributed by atoms with Crippen LogP contribution in [0.15, 0.2) is 4.52 Å². The van der Waals surface area contributed by atoms with Crippen LogP contribution in [0, 0.1) is 12.8 Å². The van der Waals surface area contributed by atoms with Crippen molar-refractivity contribution in [3.8, 4) is 0 Å². The number of hydrogen-bond donors (Lipinski definition) is 1. The molecule has 0 bridgehead atoms. The van der Waals surface area contributed by atoms with Crippen molar-refractivity contribution in [1.82, 2.24) is 20.4 Å². The van der Waals surface area contributed by atoms with Crippen molar-refractivity contribution in [3.05, 3.63) is 11.7 Å². The number of hydrogen-bond acceptors (Lipinski definition) is 4. The first-order chi connectivity index (χ1) is 9.06. The number of aryl methyl sites for hydroxylation is 1. The Balaban J connectivity index is 1.75. The van der Waals surface area contributed by atoms with Crippen molar-refractivity contribution in [2.45, 2.75) is 46.1 Å². The molecule has 1 N–H and O–H groups in total. The largest absolute Gasteiger partial charge is 0.339 e. The topological polar surface area (TPSA) is 71.3 Å². The monoisotopic (exact) mass is 266 g/mol. The molecular weight excluding hydrogens is 244 g/mol. The Labute approximate surface area is 113 Å². The second-order valence-electron chi connectivity index (χ2n) is 5.39. The van der Waals surface area contributed by atoms with E-state index < -0.39 is 0 Å². The van der Waals surface area contributed by atoms with Gasteiger partial charge >= 0.3 is 6.03 Å². The molecule has 2 heterocycles. The van der Waals surface area contributed by atoms with Gasteiger partial charge in [-0.3, -0.25) is 0 Å². The highest BCUT2D eigenvalue weighted by molar-refractivity contribution is 5.74. The highest BCUT2D eigenvalue weighted by atomic mass is 16.5. The summed E-state index contributed by atoms with van der Waals surface area (Å²) in [5, 5.41) is 6.63. The van der Waals surface area contributed by atoms with Gasteiger partial charge in [0, 0.05) is 25.6 Å². The fraction of sp³-hybridized carbons (Fsp3) is 0.769. The molecule has 1 aliphatic rings. The Morgan fingerprint density at radius 1 is 1.53 bits per heavy atom. The van der Waals surface area contributed by atoms with Crippen LogP contribution in [-0.2, 0) is 6.42 Å². The van der Waals surface area contributed by atoms with Crippen LogP contribution in [0.3, 0.4) is 0 Å². The summed E-state index contributed by atoms with van der Waals surface area (Å²) in [7, 11) is 0. The van der Waals surface area contributed by atoms with Crippen LogP contribution in [0.5, 0.6) is 0 Å². The lowest BCUT2D eigenvalue weighted by molar-refractivity contribution is 0.139. The van der Waals surface area contributed by atoms with E-state index in [1.165, 1.54) is 0 Å². The van der Waals surface area contributed by atoms with Gasteiger partial charge in [-0.15, -0.1) is 0 Å². The lowest BCUT2D eigenvalue weighted by Crippen LogP contribution is -2.49. The molecule has 0 radical (unpaired) electrons. The van der Waals surface area contributed by atoms with Gasteiger partial charge < -0.3 is 14.7 Å². The van der Waals surface area contributed by atoms with Crippen molar-refractivity contribution in [1.29, 1.82) is 0 Å². The van der Waals surface area contributed by atoms with Crippen LogP contribution in [-0.4, -0.2) is 40.2 Å². The van der Waals surface area contributed by atoms with Crippen molar-refractivity contribution in [3.63, 3.8) is 0 Å². The van der Waals surface area contributed by atoms with E-state index in [0.29, 0.717) is 36.6 Å². The van der Waals surface area contributed by atoms with Crippen LogP contribution < -0.4 is 5.32 Å². The van der Waals surface area contributed by atoms with Crippen LogP contribution >= 0.6 is 0 Å². The van der Waals surface area contributed by atoms with Gasteiger partial charge in [0.25, 0.3) is 0 Å².